The monoisotopic (exact) mass is 166 g/mol. The van der Waals surface area contributed by atoms with E-state index in [0.29, 0.717) is 19.0 Å². The summed E-state index contributed by atoms with van der Waals surface area (Å²) in [5.74, 6) is 0.612. The Hall–Kier alpha value is -1.05. The van der Waals surface area contributed by atoms with E-state index in [2.05, 4.69) is 29.0 Å². The van der Waals surface area contributed by atoms with E-state index in [4.69, 9.17) is 0 Å². The lowest BCUT2D eigenvalue weighted by Gasteiger charge is -2.03. The Labute approximate surface area is 72.9 Å². The van der Waals surface area contributed by atoms with Gasteiger partial charge in [-0.3, -0.25) is 4.79 Å². The number of ether oxygens (including phenoxy) is 1. The number of carbonyl (C=O) groups excluding carboxylic acids is 1. The van der Waals surface area contributed by atoms with Gasteiger partial charge >= 0.3 is 0 Å². The molecule has 0 aromatic carbocycles. The molecule has 0 aliphatic heterocycles. The molecule has 0 spiro atoms. The van der Waals surface area contributed by atoms with Crippen LogP contribution in [0.1, 0.15) is 19.3 Å². The molecule has 0 atom stereocenters. The third-order valence-electron chi connectivity index (χ3n) is 1.95. The summed E-state index contributed by atoms with van der Waals surface area (Å²) in [6.07, 6.45) is 11.8. The molecule has 0 saturated heterocycles. The molecule has 0 fully saturated rings. The normalized spacial score (nSPS) is 15.3. The lowest BCUT2D eigenvalue weighted by molar-refractivity contribution is -0.128. The van der Waals surface area contributed by atoms with Crippen LogP contribution in [-0.2, 0) is 9.53 Å². The molecule has 1 aliphatic rings. The molecule has 0 N–H and O–H groups in total. The lowest BCUT2D eigenvalue weighted by atomic mass is 10.0. The molecule has 1 rings (SSSR count). The molecule has 2 heteroatoms. The van der Waals surface area contributed by atoms with E-state index >= 15 is 0 Å². The SMILES string of the molecule is O=COCCCCC1C=CC=C1. The zero-order valence-electron chi connectivity index (χ0n) is 7.11. The van der Waals surface area contributed by atoms with Crippen molar-refractivity contribution < 1.29 is 9.53 Å². The molecular weight excluding hydrogens is 152 g/mol. The van der Waals surface area contributed by atoms with Crippen molar-refractivity contribution in [2.75, 3.05) is 6.61 Å². The second kappa shape index (κ2) is 5.58. The van der Waals surface area contributed by atoms with E-state index in [1.807, 2.05) is 0 Å². The zero-order valence-corrected chi connectivity index (χ0v) is 7.11. The van der Waals surface area contributed by atoms with Crippen molar-refractivity contribution in [1.29, 1.82) is 0 Å². The minimum absolute atomic E-state index is 0.509. The van der Waals surface area contributed by atoms with Gasteiger partial charge in [-0.2, -0.15) is 0 Å². The van der Waals surface area contributed by atoms with Crippen molar-refractivity contribution in [3.05, 3.63) is 24.3 Å². The Kier molecular flexibility index (Phi) is 4.21. The van der Waals surface area contributed by atoms with Crippen LogP contribution in [0.3, 0.4) is 0 Å². The average molecular weight is 166 g/mol. The smallest absolute Gasteiger partial charge is 0.293 e. The van der Waals surface area contributed by atoms with Crippen LogP contribution in [-0.4, -0.2) is 13.1 Å². The molecule has 0 aromatic heterocycles. The minimum Gasteiger partial charge on any atom is -0.468 e. The highest BCUT2D eigenvalue weighted by atomic mass is 16.5. The third kappa shape index (κ3) is 3.37. The maximum atomic E-state index is 9.78. The molecule has 2 nitrogen and oxygen atoms in total. The summed E-state index contributed by atoms with van der Waals surface area (Å²) in [6, 6.07) is 0. The fourth-order valence-corrected chi connectivity index (χ4v) is 1.28. The topological polar surface area (TPSA) is 26.3 Å². The van der Waals surface area contributed by atoms with Gasteiger partial charge in [-0.25, -0.2) is 0 Å². The van der Waals surface area contributed by atoms with Crippen LogP contribution in [0.15, 0.2) is 24.3 Å². The summed E-state index contributed by atoms with van der Waals surface area (Å²) in [5, 5.41) is 0. The van der Waals surface area contributed by atoms with Crippen molar-refractivity contribution in [1.82, 2.24) is 0 Å². The maximum absolute atomic E-state index is 9.78. The van der Waals surface area contributed by atoms with Crippen LogP contribution >= 0.6 is 0 Å². The Balaban J connectivity index is 1.92. The Morgan fingerprint density at radius 3 is 2.67 bits per heavy atom. The van der Waals surface area contributed by atoms with Crippen molar-refractivity contribution in [3.63, 3.8) is 0 Å². The van der Waals surface area contributed by atoms with Gasteiger partial charge in [-0.05, 0) is 25.2 Å². The summed E-state index contributed by atoms with van der Waals surface area (Å²) in [4.78, 5) is 9.78. The van der Waals surface area contributed by atoms with Crippen LogP contribution in [0.25, 0.3) is 0 Å². The van der Waals surface area contributed by atoms with Gasteiger partial charge in [0.25, 0.3) is 6.47 Å². The standard InChI is InChI=1S/C10H14O2/c11-9-12-8-4-3-7-10-5-1-2-6-10/h1-2,5-6,9-10H,3-4,7-8H2. The highest BCUT2D eigenvalue weighted by Crippen LogP contribution is 2.15. The molecular formula is C10H14O2. The quantitative estimate of drug-likeness (QED) is 0.446. The first-order valence-electron chi connectivity index (χ1n) is 4.33. The predicted molar refractivity (Wildman–Crippen MR) is 47.6 cm³/mol. The molecule has 1 aliphatic carbocycles. The molecule has 0 radical (unpaired) electrons. The number of allylic oxidation sites excluding steroid dienone is 4. The highest BCUT2D eigenvalue weighted by molar-refractivity contribution is 5.36. The number of unbranched alkanes of at least 4 members (excludes halogenated alkanes) is 1. The second-order valence-electron chi connectivity index (χ2n) is 2.90. The Bertz CT molecular complexity index is 170. The molecule has 0 unspecified atom stereocenters. The van der Waals surface area contributed by atoms with Gasteiger partial charge in [0.15, 0.2) is 0 Å². The summed E-state index contributed by atoms with van der Waals surface area (Å²) < 4.78 is 4.58. The van der Waals surface area contributed by atoms with E-state index in [1.54, 1.807) is 0 Å². The van der Waals surface area contributed by atoms with Gasteiger partial charge in [0.05, 0.1) is 6.61 Å². The van der Waals surface area contributed by atoms with Crippen LogP contribution in [0, 0.1) is 5.92 Å². The second-order valence-corrected chi connectivity index (χ2v) is 2.90. The molecule has 66 valence electrons. The molecule has 12 heavy (non-hydrogen) atoms. The number of hydrogen-bond donors (Lipinski definition) is 0. The minimum atomic E-state index is 0.509. The van der Waals surface area contributed by atoms with Gasteiger partial charge in [0, 0.05) is 0 Å². The number of carbonyl (C=O) groups is 1. The van der Waals surface area contributed by atoms with E-state index in [9.17, 15) is 4.79 Å². The van der Waals surface area contributed by atoms with E-state index < -0.39 is 0 Å². The van der Waals surface area contributed by atoms with E-state index in [0.717, 1.165) is 19.3 Å². The van der Waals surface area contributed by atoms with Crippen LogP contribution in [0.4, 0.5) is 0 Å². The number of rotatable bonds is 6. The van der Waals surface area contributed by atoms with Crippen LogP contribution in [0.2, 0.25) is 0 Å². The fraction of sp³-hybridized carbons (Fsp3) is 0.500. The zero-order chi connectivity index (χ0) is 8.65. The average Bonchev–Trinajstić information content (AvgIpc) is 2.57. The molecule has 0 amide bonds. The Morgan fingerprint density at radius 1 is 1.25 bits per heavy atom. The first-order chi connectivity index (χ1) is 5.93. The Morgan fingerprint density at radius 2 is 2.00 bits per heavy atom. The third-order valence-corrected chi connectivity index (χ3v) is 1.95. The van der Waals surface area contributed by atoms with Gasteiger partial charge in [0.2, 0.25) is 0 Å². The van der Waals surface area contributed by atoms with Crippen molar-refractivity contribution in [2.45, 2.75) is 19.3 Å². The summed E-state index contributed by atoms with van der Waals surface area (Å²) in [5.41, 5.74) is 0. The van der Waals surface area contributed by atoms with Crippen LogP contribution < -0.4 is 0 Å². The van der Waals surface area contributed by atoms with Gasteiger partial charge < -0.3 is 4.74 Å². The largest absolute Gasteiger partial charge is 0.468 e. The lowest BCUT2D eigenvalue weighted by Crippen LogP contribution is -1.94. The summed E-state index contributed by atoms with van der Waals surface area (Å²) in [7, 11) is 0. The van der Waals surface area contributed by atoms with Crippen molar-refractivity contribution in [3.8, 4) is 0 Å². The van der Waals surface area contributed by atoms with Crippen LogP contribution in [0.5, 0.6) is 0 Å². The van der Waals surface area contributed by atoms with Gasteiger partial charge in [-0.15, -0.1) is 0 Å². The van der Waals surface area contributed by atoms with Crippen molar-refractivity contribution in [2.24, 2.45) is 5.92 Å². The molecule has 0 saturated carbocycles. The first kappa shape index (κ1) is 9.04. The number of hydrogen-bond acceptors (Lipinski definition) is 2. The van der Waals surface area contributed by atoms with E-state index in [-0.39, 0.29) is 0 Å². The first-order valence-corrected chi connectivity index (χ1v) is 4.33. The maximum Gasteiger partial charge on any atom is 0.293 e. The van der Waals surface area contributed by atoms with Gasteiger partial charge in [0.1, 0.15) is 0 Å². The van der Waals surface area contributed by atoms with Crippen molar-refractivity contribution >= 4 is 6.47 Å². The summed E-state index contributed by atoms with van der Waals surface area (Å²) >= 11 is 0. The highest BCUT2D eigenvalue weighted by Gasteiger charge is 2.02. The van der Waals surface area contributed by atoms with E-state index in [1.165, 1.54) is 0 Å². The molecule has 0 aromatic rings. The summed E-state index contributed by atoms with van der Waals surface area (Å²) in [6.45, 7) is 1.07. The molecule has 0 heterocycles. The van der Waals surface area contributed by atoms with Gasteiger partial charge in [-0.1, -0.05) is 24.3 Å². The molecule has 0 bridgehead atoms. The predicted octanol–water partition coefficient (Wildman–Crippen LogP) is 2.07. The fourth-order valence-electron chi connectivity index (χ4n) is 1.28.